The Balaban J connectivity index is 1.82. The van der Waals surface area contributed by atoms with Gasteiger partial charge in [-0.15, -0.1) is 0 Å². The van der Waals surface area contributed by atoms with E-state index in [1.165, 1.54) is 24.3 Å². The molecule has 2 rings (SSSR count). The van der Waals surface area contributed by atoms with E-state index < -0.39 is 14.9 Å². The highest BCUT2D eigenvalue weighted by Crippen LogP contribution is 2.16. The zero-order valence-corrected chi connectivity index (χ0v) is 20.6. The van der Waals surface area contributed by atoms with Crippen molar-refractivity contribution in [1.29, 1.82) is 0 Å². The number of hydrogen-bond acceptors (Lipinski definition) is 5. The summed E-state index contributed by atoms with van der Waals surface area (Å²) in [6.07, 6.45) is 7.58. The van der Waals surface area contributed by atoms with Crippen molar-refractivity contribution in [2.24, 2.45) is 0 Å². The SMILES string of the molecule is CCCCCCC(=O)NC(CCCCNS(=O)(=O)c1ccc([N+](=O)[O-])cc1)Cc1ccccc1. The normalized spacial score (nSPS) is 12.3. The quantitative estimate of drug-likeness (QED) is 0.201. The van der Waals surface area contributed by atoms with Crippen molar-refractivity contribution in [2.75, 3.05) is 6.54 Å². The maximum absolute atomic E-state index is 12.4. The van der Waals surface area contributed by atoms with Crippen molar-refractivity contribution >= 4 is 21.6 Å². The Kier molecular flexibility index (Phi) is 11.7. The second kappa shape index (κ2) is 14.5. The number of carbonyl (C=O) groups excluding carboxylic acids is 1. The summed E-state index contributed by atoms with van der Waals surface area (Å²) in [7, 11) is -3.73. The number of nitrogens with zero attached hydrogens (tertiary/aromatic N) is 1. The molecule has 1 unspecified atom stereocenters. The van der Waals surface area contributed by atoms with Gasteiger partial charge in [0.2, 0.25) is 15.9 Å². The van der Waals surface area contributed by atoms with Crippen LogP contribution in [0, 0.1) is 10.1 Å². The van der Waals surface area contributed by atoms with Crippen LogP contribution in [0.4, 0.5) is 5.69 Å². The molecule has 0 heterocycles. The number of nitro groups is 1. The van der Waals surface area contributed by atoms with E-state index in [0.29, 0.717) is 12.8 Å². The molecular weight excluding hydrogens is 454 g/mol. The van der Waals surface area contributed by atoms with Crippen LogP contribution in [-0.4, -0.2) is 31.8 Å². The van der Waals surface area contributed by atoms with Crippen LogP contribution in [-0.2, 0) is 21.2 Å². The van der Waals surface area contributed by atoms with Crippen LogP contribution in [0.3, 0.4) is 0 Å². The molecule has 0 saturated heterocycles. The van der Waals surface area contributed by atoms with E-state index >= 15 is 0 Å². The summed E-state index contributed by atoms with van der Waals surface area (Å²) in [5, 5.41) is 13.9. The zero-order chi connectivity index (χ0) is 24.8. The van der Waals surface area contributed by atoms with Crippen molar-refractivity contribution in [1.82, 2.24) is 10.0 Å². The fourth-order valence-corrected chi connectivity index (χ4v) is 4.76. The molecule has 8 nitrogen and oxygen atoms in total. The van der Waals surface area contributed by atoms with E-state index in [1.807, 2.05) is 30.3 Å². The first kappa shape index (κ1) is 27.5. The molecule has 1 amide bonds. The van der Waals surface area contributed by atoms with Crippen LogP contribution in [0.25, 0.3) is 0 Å². The van der Waals surface area contributed by atoms with Crippen LogP contribution in [0.5, 0.6) is 0 Å². The first-order valence-corrected chi connectivity index (χ1v) is 13.4. The fourth-order valence-electron chi connectivity index (χ4n) is 3.69. The minimum atomic E-state index is -3.73. The molecule has 1 atom stereocenters. The number of carbonyl (C=O) groups is 1. The topological polar surface area (TPSA) is 118 Å². The monoisotopic (exact) mass is 489 g/mol. The van der Waals surface area contributed by atoms with Crippen molar-refractivity contribution in [2.45, 2.75) is 75.6 Å². The second-order valence-corrected chi connectivity index (χ2v) is 10.2. The number of benzene rings is 2. The van der Waals surface area contributed by atoms with Gasteiger partial charge in [-0.2, -0.15) is 0 Å². The smallest absolute Gasteiger partial charge is 0.269 e. The number of unbranched alkanes of at least 4 members (excludes halogenated alkanes) is 4. The predicted molar refractivity (Wildman–Crippen MR) is 133 cm³/mol. The highest BCUT2D eigenvalue weighted by molar-refractivity contribution is 7.89. The number of amides is 1. The number of non-ortho nitro benzene ring substituents is 1. The van der Waals surface area contributed by atoms with Gasteiger partial charge in [-0.25, -0.2) is 13.1 Å². The maximum Gasteiger partial charge on any atom is 0.269 e. The van der Waals surface area contributed by atoms with Crippen LogP contribution < -0.4 is 10.0 Å². The first-order valence-electron chi connectivity index (χ1n) is 11.9. The van der Waals surface area contributed by atoms with E-state index in [2.05, 4.69) is 17.0 Å². The summed E-state index contributed by atoms with van der Waals surface area (Å²) in [5.74, 6) is 0.0657. The van der Waals surface area contributed by atoms with Crippen LogP contribution in [0.1, 0.15) is 63.9 Å². The minimum Gasteiger partial charge on any atom is -0.353 e. The molecule has 186 valence electrons. The highest BCUT2D eigenvalue weighted by Gasteiger charge is 2.16. The Labute approximate surface area is 202 Å². The van der Waals surface area contributed by atoms with E-state index in [4.69, 9.17) is 0 Å². The maximum atomic E-state index is 12.4. The van der Waals surface area contributed by atoms with Gasteiger partial charge in [0.05, 0.1) is 9.82 Å². The number of sulfonamides is 1. The summed E-state index contributed by atoms with van der Waals surface area (Å²) in [4.78, 5) is 22.6. The molecule has 0 aliphatic heterocycles. The first-order chi connectivity index (χ1) is 16.3. The Morgan fingerprint density at radius 1 is 0.971 bits per heavy atom. The molecule has 0 radical (unpaired) electrons. The lowest BCUT2D eigenvalue weighted by Gasteiger charge is -2.19. The molecule has 0 aliphatic rings. The molecule has 9 heteroatoms. The molecule has 0 aliphatic carbocycles. The molecule has 0 bridgehead atoms. The van der Waals surface area contributed by atoms with Gasteiger partial charge in [-0.05, 0) is 43.4 Å². The van der Waals surface area contributed by atoms with Crippen molar-refractivity contribution < 1.29 is 18.1 Å². The van der Waals surface area contributed by atoms with Gasteiger partial charge in [0, 0.05) is 31.1 Å². The largest absolute Gasteiger partial charge is 0.353 e. The lowest BCUT2D eigenvalue weighted by Crippen LogP contribution is -2.36. The Bertz CT molecular complexity index is 995. The van der Waals surface area contributed by atoms with Crippen LogP contribution in [0.2, 0.25) is 0 Å². The lowest BCUT2D eigenvalue weighted by atomic mass is 10.0. The standard InChI is InChI=1S/C25H35N3O5S/c1-2-3-4-8-14-25(29)27-22(20-21-11-6-5-7-12-21)13-9-10-19-26-34(32,33)24-17-15-23(16-18-24)28(30)31/h5-7,11-12,15-18,22,26H,2-4,8-10,13-14,19-20H2,1H3,(H,27,29). The number of nitrogens with one attached hydrogen (secondary N) is 2. The third-order valence-electron chi connectivity index (χ3n) is 5.58. The third-order valence-corrected chi connectivity index (χ3v) is 7.05. The van der Waals surface area contributed by atoms with Gasteiger partial charge >= 0.3 is 0 Å². The van der Waals surface area contributed by atoms with E-state index in [1.54, 1.807) is 0 Å². The molecule has 34 heavy (non-hydrogen) atoms. The summed E-state index contributed by atoms with van der Waals surface area (Å²) in [6.45, 7) is 2.39. The summed E-state index contributed by atoms with van der Waals surface area (Å²) < 4.78 is 27.4. The predicted octanol–water partition coefficient (Wildman–Crippen LogP) is 4.74. The molecule has 2 aromatic rings. The highest BCUT2D eigenvalue weighted by atomic mass is 32.2. The summed E-state index contributed by atoms with van der Waals surface area (Å²) in [6, 6.07) is 14.8. The molecule has 2 N–H and O–H groups in total. The average Bonchev–Trinajstić information content (AvgIpc) is 2.82. The fraction of sp³-hybridized carbons (Fsp3) is 0.480. The van der Waals surface area contributed by atoms with Crippen molar-refractivity contribution in [3.63, 3.8) is 0 Å². The molecule has 0 fully saturated rings. The number of nitro benzene ring substituents is 1. The van der Waals surface area contributed by atoms with E-state index in [9.17, 15) is 23.3 Å². The molecule has 0 spiro atoms. The van der Waals surface area contributed by atoms with Gasteiger partial charge in [-0.3, -0.25) is 14.9 Å². The third kappa shape index (κ3) is 10.0. The van der Waals surface area contributed by atoms with Crippen LogP contribution in [0.15, 0.2) is 59.5 Å². The van der Waals surface area contributed by atoms with E-state index in [0.717, 1.165) is 50.5 Å². The van der Waals surface area contributed by atoms with Crippen molar-refractivity contribution in [3.8, 4) is 0 Å². The summed E-state index contributed by atoms with van der Waals surface area (Å²) in [5.41, 5.74) is 0.994. The van der Waals surface area contributed by atoms with E-state index in [-0.39, 0.29) is 29.1 Å². The Hall–Kier alpha value is -2.78. The van der Waals surface area contributed by atoms with Gasteiger partial charge in [0.1, 0.15) is 0 Å². The summed E-state index contributed by atoms with van der Waals surface area (Å²) >= 11 is 0. The number of hydrogen-bond donors (Lipinski definition) is 2. The lowest BCUT2D eigenvalue weighted by molar-refractivity contribution is -0.384. The van der Waals surface area contributed by atoms with Gasteiger partial charge in [-0.1, -0.05) is 62.9 Å². The van der Waals surface area contributed by atoms with Gasteiger partial charge < -0.3 is 5.32 Å². The molecule has 0 saturated carbocycles. The Morgan fingerprint density at radius 3 is 2.32 bits per heavy atom. The van der Waals surface area contributed by atoms with Gasteiger partial charge in [0.15, 0.2) is 0 Å². The zero-order valence-electron chi connectivity index (χ0n) is 19.7. The van der Waals surface area contributed by atoms with Gasteiger partial charge in [0.25, 0.3) is 5.69 Å². The number of rotatable bonds is 16. The molecule has 2 aromatic carbocycles. The second-order valence-electron chi connectivity index (χ2n) is 8.41. The van der Waals surface area contributed by atoms with Crippen LogP contribution >= 0.6 is 0 Å². The average molecular weight is 490 g/mol. The molecule has 0 aromatic heterocycles. The van der Waals surface area contributed by atoms with Crippen molar-refractivity contribution in [3.05, 3.63) is 70.3 Å². The Morgan fingerprint density at radius 2 is 1.68 bits per heavy atom. The minimum absolute atomic E-state index is 0.00427. The molecular formula is C25H35N3O5S.